The number of benzene rings is 4. The minimum absolute atomic E-state index is 0.178. The molecule has 0 saturated heterocycles. The van der Waals surface area contributed by atoms with Gasteiger partial charge in [0.2, 0.25) is 0 Å². The number of allylic oxidation sites excluding steroid dienone is 1. The number of fused-ring (bicyclic) bond motifs is 2. The van der Waals surface area contributed by atoms with Gasteiger partial charge in [0.1, 0.15) is 12.4 Å². The van der Waals surface area contributed by atoms with Crippen LogP contribution >= 0.6 is 0 Å². The Labute approximate surface area is 164 Å². The average Bonchev–Trinajstić information content (AvgIpc) is 2.76. The summed E-state index contributed by atoms with van der Waals surface area (Å²) in [5.74, 6) is 3.17. The van der Waals surface area contributed by atoms with E-state index in [-0.39, 0.29) is 6.61 Å². The molecule has 0 aliphatic carbocycles. The van der Waals surface area contributed by atoms with Gasteiger partial charge in [0.25, 0.3) is 0 Å². The Hall–Kier alpha value is -4.01. The molecule has 0 aliphatic heterocycles. The normalized spacial score (nSPS) is 11.1. The van der Waals surface area contributed by atoms with Gasteiger partial charge in [0.15, 0.2) is 0 Å². The minimum atomic E-state index is 0.178. The van der Waals surface area contributed by atoms with E-state index in [0.717, 1.165) is 32.7 Å². The van der Waals surface area contributed by atoms with E-state index in [9.17, 15) is 5.26 Å². The van der Waals surface area contributed by atoms with E-state index >= 15 is 0 Å². The summed E-state index contributed by atoms with van der Waals surface area (Å²) in [7, 11) is 0. The Morgan fingerprint density at radius 3 is 2.39 bits per heavy atom. The SMILES string of the molecule is C#CCOc1ccc2ccccc2c1C=C(C#N)c1ccc2ccccc2c1. The van der Waals surface area contributed by atoms with E-state index in [2.05, 4.69) is 18.1 Å². The molecule has 0 unspecified atom stereocenters. The Balaban J connectivity index is 1.90. The van der Waals surface area contributed by atoms with Crippen LogP contribution in [0.25, 0.3) is 33.2 Å². The van der Waals surface area contributed by atoms with Crippen molar-refractivity contribution in [1.82, 2.24) is 0 Å². The molecule has 0 radical (unpaired) electrons. The molecular weight excluding hydrogens is 342 g/mol. The molecule has 4 aromatic rings. The standard InChI is InChI=1S/C26H17NO/c1-2-15-28-26-14-13-20-8-5-6-10-24(20)25(26)17-23(18-27)22-12-11-19-7-3-4-9-21(19)16-22/h1,3-14,16-17H,15H2. The van der Waals surface area contributed by atoms with E-state index in [1.54, 1.807) is 0 Å². The van der Waals surface area contributed by atoms with Gasteiger partial charge in [-0.3, -0.25) is 0 Å². The highest BCUT2D eigenvalue weighted by atomic mass is 16.5. The lowest BCUT2D eigenvalue weighted by Gasteiger charge is -2.11. The van der Waals surface area contributed by atoms with Crippen LogP contribution in [0.2, 0.25) is 0 Å². The molecule has 2 heteroatoms. The summed E-state index contributed by atoms with van der Waals surface area (Å²) in [4.78, 5) is 0. The van der Waals surface area contributed by atoms with Gasteiger partial charge < -0.3 is 4.74 Å². The van der Waals surface area contributed by atoms with Crippen molar-refractivity contribution in [3.63, 3.8) is 0 Å². The van der Waals surface area contributed by atoms with Crippen molar-refractivity contribution < 1.29 is 4.74 Å². The molecule has 0 spiro atoms. The maximum Gasteiger partial charge on any atom is 0.148 e. The van der Waals surface area contributed by atoms with Crippen LogP contribution in [-0.4, -0.2) is 6.61 Å². The summed E-state index contributed by atoms with van der Waals surface area (Å²) in [6.45, 7) is 0.178. The number of terminal acetylenes is 1. The Kier molecular flexibility index (Phi) is 4.79. The van der Waals surface area contributed by atoms with Gasteiger partial charge in [-0.15, -0.1) is 6.42 Å². The van der Waals surface area contributed by atoms with Crippen molar-refractivity contribution in [2.75, 3.05) is 6.61 Å². The monoisotopic (exact) mass is 359 g/mol. The number of hydrogen-bond donors (Lipinski definition) is 0. The van der Waals surface area contributed by atoms with Crippen molar-refractivity contribution in [1.29, 1.82) is 5.26 Å². The van der Waals surface area contributed by atoms with Crippen molar-refractivity contribution in [3.8, 4) is 24.2 Å². The third-order valence-electron chi connectivity index (χ3n) is 4.71. The van der Waals surface area contributed by atoms with Gasteiger partial charge >= 0.3 is 0 Å². The van der Waals surface area contributed by atoms with Gasteiger partial charge in [-0.2, -0.15) is 5.26 Å². The van der Waals surface area contributed by atoms with Crippen LogP contribution in [0.4, 0.5) is 0 Å². The molecule has 0 aliphatic rings. The quantitative estimate of drug-likeness (QED) is 0.252. The van der Waals surface area contributed by atoms with Crippen LogP contribution < -0.4 is 4.74 Å². The maximum absolute atomic E-state index is 9.86. The van der Waals surface area contributed by atoms with Crippen molar-refractivity contribution in [3.05, 3.63) is 90.0 Å². The zero-order valence-electron chi connectivity index (χ0n) is 15.2. The van der Waals surface area contributed by atoms with Crippen LogP contribution in [0.15, 0.2) is 78.9 Å². The summed E-state index contributed by atoms with van der Waals surface area (Å²) in [6.07, 6.45) is 7.25. The van der Waals surface area contributed by atoms with Crippen LogP contribution in [0.5, 0.6) is 5.75 Å². The molecule has 0 atom stereocenters. The predicted molar refractivity (Wildman–Crippen MR) is 116 cm³/mol. The fourth-order valence-corrected chi connectivity index (χ4v) is 3.35. The molecular formula is C26H17NO. The van der Waals surface area contributed by atoms with E-state index in [4.69, 9.17) is 11.2 Å². The first-order valence-electron chi connectivity index (χ1n) is 8.99. The molecule has 0 bridgehead atoms. The Morgan fingerprint density at radius 1 is 0.893 bits per heavy atom. The number of rotatable bonds is 4. The van der Waals surface area contributed by atoms with E-state index in [1.165, 1.54) is 0 Å². The largest absolute Gasteiger partial charge is 0.480 e. The molecule has 2 nitrogen and oxygen atoms in total. The van der Waals surface area contributed by atoms with Crippen LogP contribution in [0.3, 0.4) is 0 Å². The molecule has 28 heavy (non-hydrogen) atoms. The fraction of sp³-hybridized carbons (Fsp3) is 0.0385. The molecule has 4 rings (SSSR count). The van der Waals surface area contributed by atoms with E-state index in [1.807, 2.05) is 78.9 Å². The molecule has 4 aromatic carbocycles. The van der Waals surface area contributed by atoms with Gasteiger partial charge in [-0.25, -0.2) is 0 Å². The second kappa shape index (κ2) is 7.70. The van der Waals surface area contributed by atoms with Crippen molar-refractivity contribution in [2.24, 2.45) is 0 Å². The van der Waals surface area contributed by atoms with Crippen LogP contribution in [0, 0.1) is 23.7 Å². The highest BCUT2D eigenvalue weighted by Crippen LogP contribution is 2.32. The maximum atomic E-state index is 9.86. The second-order valence-electron chi connectivity index (χ2n) is 6.42. The van der Waals surface area contributed by atoms with Gasteiger partial charge in [-0.1, -0.05) is 72.7 Å². The molecule has 0 fully saturated rings. The Bertz CT molecular complexity index is 1290. The summed E-state index contributed by atoms with van der Waals surface area (Å²) in [6, 6.07) is 28.5. The second-order valence-corrected chi connectivity index (χ2v) is 6.42. The third kappa shape index (κ3) is 3.32. The van der Waals surface area contributed by atoms with Gasteiger partial charge in [0, 0.05) is 5.56 Å². The molecule has 0 heterocycles. The number of hydrogen-bond acceptors (Lipinski definition) is 2. The zero-order valence-corrected chi connectivity index (χ0v) is 15.2. The highest BCUT2D eigenvalue weighted by molar-refractivity contribution is 6.01. The lowest BCUT2D eigenvalue weighted by molar-refractivity contribution is 0.370. The molecule has 0 saturated carbocycles. The van der Waals surface area contributed by atoms with Gasteiger partial charge in [-0.05, 0) is 45.3 Å². The first kappa shape index (κ1) is 17.4. The minimum Gasteiger partial charge on any atom is -0.480 e. The Morgan fingerprint density at radius 2 is 1.61 bits per heavy atom. The fourth-order valence-electron chi connectivity index (χ4n) is 3.35. The topological polar surface area (TPSA) is 33.0 Å². The highest BCUT2D eigenvalue weighted by Gasteiger charge is 2.10. The smallest absolute Gasteiger partial charge is 0.148 e. The van der Waals surface area contributed by atoms with Crippen LogP contribution in [0.1, 0.15) is 11.1 Å². The molecule has 0 amide bonds. The van der Waals surface area contributed by atoms with Crippen LogP contribution in [-0.2, 0) is 0 Å². The summed E-state index contributed by atoms with van der Waals surface area (Å²) in [5.41, 5.74) is 2.31. The first-order valence-corrected chi connectivity index (χ1v) is 8.99. The summed E-state index contributed by atoms with van der Waals surface area (Å²) < 4.78 is 5.76. The van der Waals surface area contributed by atoms with E-state index in [0.29, 0.717) is 11.3 Å². The lowest BCUT2D eigenvalue weighted by atomic mass is 9.97. The molecule has 0 N–H and O–H groups in total. The van der Waals surface area contributed by atoms with Gasteiger partial charge in [0.05, 0.1) is 11.6 Å². The predicted octanol–water partition coefficient (Wildman–Crippen LogP) is 6.07. The third-order valence-corrected chi connectivity index (χ3v) is 4.71. The van der Waals surface area contributed by atoms with Crippen molar-refractivity contribution >= 4 is 33.2 Å². The van der Waals surface area contributed by atoms with Crippen molar-refractivity contribution in [2.45, 2.75) is 0 Å². The van der Waals surface area contributed by atoms with E-state index < -0.39 is 0 Å². The first-order chi connectivity index (χ1) is 13.8. The summed E-state index contributed by atoms with van der Waals surface area (Å²) in [5, 5.41) is 14.2. The summed E-state index contributed by atoms with van der Waals surface area (Å²) >= 11 is 0. The number of nitrogens with zero attached hydrogens (tertiary/aromatic N) is 1. The number of ether oxygens (including phenoxy) is 1. The molecule has 0 aromatic heterocycles. The zero-order chi connectivity index (χ0) is 19.3. The average molecular weight is 359 g/mol. The lowest BCUT2D eigenvalue weighted by Crippen LogP contribution is -1.96. The molecule has 132 valence electrons. The number of nitriles is 1.